The van der Waals surface area contributed by atoms with Crippen LogP contribution in [0.15, 0.2) is 36.7 Å². The Morgan fingerprint density at radius 3 is 2.79 bits per heavy atom. The van der Waals surface area contributed by atoms with Crippen molar-refractivity contribution in [2.45, 2.75) is 26.4 Å². The minimum atomic E-state index is -0.580. The van der Waals surface area contributed by atoms with Gasteiger partial charge in [0.05, 0.1) is 11.7 Å². The Balaban J connectivity index is 1.87. The predicted octanol–water partition coefficient (Wildman–Crippen LogP) is 4.01. The molecule has 1 aromatic carbocycles. The molecule has 0 unspecified atom stereocenters. The quantitative estimate of drug-likeness (QED) is 0.707. The van der Waals surface area contributed by atoms with Gasteiger partial charge in [-0.2, -0.15) is 9.78 Å². The third-order valence-corrected chi connectivity index (χ3v) is 3.22. The maximum atomic E-state index is 12.2. The lowest BCUT2D eigenvalue weighted by Crippen LogP contribution is -2.27. The van der Waals surface area contributed by atoms with Crippen molar-refractivity contribution in [1.82, 2.24) is 19.7 Å². The van der Waals surface area contributed by atoms with E-state index in [1.165, 1.54) is 4.68 Å². The zero-order chi connectivity index (χ0) is 17.3. The fourth-order valence-corrected chi connectivity index (χ4v) is 2.26. The highest BCUT2D eigenvalue weighted by molar-refractivity contribution is 6.28. The van der Waals surface area contributed by atoms with Gasteiger partial charge in [-0.1, -0.05) is 0 Å². The Labute approximate surface area is 143 Å². The lowest BCUT2D eigenvalue weighted by Gasteiger charge is -2.19. The monoisotopic (exact) mass is 345 g/mol. The predicted molar refractivity (Wildman–Crippen MR) is 91.7 cm³/mol. The number of carbonyl (C=O) groups excluding carboxylic acids is 1. The molecule has 0 saturated carbocycles. The van der Waals surface area contributed by atoms with Gasteiger partial charge in [0.1, 0.15) is 11.4 Å². The second kappa shape index (κ2) is 6.09. The number of hydrogen-bond acceptors (Lipinski definition) is 6. The molecule has 124 valence electrons. The second-order valence-electron chi connectivity index (χ2n) is 6.15. The van der Waals surface area contributed by atoms with Crippen LogP contribution in [0.4, 0.5) is 16.3 Å². The largest absolute Gasteiger partial charge is 0.442 e. The molecule has 0 saturated heterocycles. The van der Waals surface area contributed by atoms with Gasteiger partial charge in [0.25, 0.3) is 0 Å². The number of rotatable bonds is 2. The number of carbonyl (C=O) groups is 1. The molecule has 24 heavy (non-hydrogen) atoms. The lowest BCUT2D eigenvalue weighted by molar-refractivity contribution is 0.0523. The van der Waals surface area contributed by atoms with Crippen molar-refractivity contribution in [2.75, 3.05) is 5.32 Å². The molecule has 3 aromatic rings. The van der Waals surface area contributed by atoms with Gasteiger partial charge in [-0.3, -0.25) is 0 Å². The summed E-state index contributed by atoms with van der Waals surface area (Å²) in [5, 5.41) is 8.20. The topological polar surface area (TPSA) is 81.9 Å². The minimum Gasteiger partial charge on any atom is -0.442 e. The summed E-state index contributed by atoms with van der Waals surface area (Å²) in [7, 11) is 0. The first-order valence-corrected chi connectivity index (χ1v) is 7.66. The van der Waals surface area contributed by atoms with Crippen LogP contribution >= 0.6 is 11.6 Å². The van der Waals surface area contributed by atoms with Crippen LogP contribution in [0.3, 0.4) is 0 Å². The van der Waals surface area contributed by atoms with Gasteiger partial charge in [-0.15, -0.1) is 0 Å². The van der Waals surface area contributed by atoms with Crippen molar-refractivity contribution in [3.05, 3.63) is 41.9 Å². The van der Waals surface area contributed by atoms with Crippen molar-refractivity contribution < 1.29 is 9.53 Å². The maximum Gasteiger partial charge on any atom is 0.435 e. The molecule has 1 N–H and O–H groups in total. The molecular formula is C16H16ClN5O2. The third kappa shape index (κ3) is 3.62. The van der Waals surface area contributed by atoms with Gasteiger partial charge >= 0.3 is 6.09 Å². The highest BCUT2D eigenvalue weighted by atomic mass is 35.5. The average molecular weight is 346 g/mol. The van der Waals surface area contributed by atoms with Crippen molar-refractivity contribution >= 4 is 40.1 Å². The Morgan fingerprint density at radius 2 is 2.08 bits per heavy atom. The smallest absolute Gasteiger partial charge is 0.435 e. The summed E-state index contributed by atoms with van der Waals surface area (Å²) in [6.07, 6.45) is 2.66. The summed E-state index contributed by atoms with van der Waals surface area (Å²) in [5.74, 6) is 0.578. The molecule has 0 aliphatic carbocycles. The number of benzene rings is 1. The van der Waals surface area contributed by atoms with E-state index >= 15 is 0 Å². The van der Waals surface area contributed by atoms with E-state index in [0.29, 0.717) is 11.3 Å². The molecule has 8 heteroatoms. The van der Waals surface area contributed by atoms with Gasteiger partial charge in [0.2, 0.25) is 5.28 Å². The average Bonchev–Trinajstić information content (AvgIpc) is 2.88. The summed E-state index contributed by atoms with van der Waals surface area (Å²) in [5.41, 5.74) is 0.875. The molecule has 3 rings (SSSR count). The molecule has 0 amide bonds. The highest BCUT2D eigenvalue weighted by Crippen LogP contribution is 2.22. The summed E-state index contributed by atoms with van der Waals surface area (Å²) in [4.78, 5) is 20.1. The minimum absolute atomic E-state index is 0.166. The van der Waals surface area contributed by atoms with Crippen LogP contribution in [0.1, 0.15) is 20.8 Å². The van der Waals surface area contributed by atoms with E-state index in [9.17, 15) is 4.79 Å². The number of anilines is 2. The molecular weight excluding hydrogens is 330 g/mol. The molecule has 2 aromatic heterocycles. The van der Waals surface area contributed by atoms with Gasteiger partial charge in [0, 0.05) is 17.3 Å². The molecule has 0 bridgehead atoms. The van der Waals surface area contributed by atoms with Crippen molar-refractivity contribution in [2.24, 2.45) is 0 Å². The summed E-state index contributed by atoms with van der Waals surface area (Å²) in [6, 6.07) is 7.18. The van der Waals surface area contributed by atoms with Crippen LogP contribution in [-0.4, -0.2) is 31.4 Å². The molecule has 0 radical (unpaired) electrons. The van der Waals surface area contributed by atoms with Gasteiger partial charge < -0.3 is 10.1 Å². The van der Waals surface area contributed by atoms with Gasteiger partial charge in [-0.05, 0) is 56.6 Å². The molecule has 0 spiro atoms. The maximum absolute atomic E-state index is 12.2. The number of nitrogens with one attached hydrogen (secondary N) is 1. The summed E-state index contributed by atoms with van der Waals surface area (Å²) in [6.45, 7) is 5.43. The second-order valence-corrected chi connectivity index (χ2v) is 6.48. The number of nitrogens with zero attached hydrogens (tertiary/aromatic N) is 4. The number of aromatic nitrogens is 4. The molecule has 0 aliphatic heterocycles. The number of fused-ring (bicyclic) bond motifs is 1. The fraction of sp³-hybridized carbons (Fsp3) is 0.250. The first-order valence-electron chi connectivity index (χ1n) is 7.28. The Morgan fingerprint density at radius 1 is 1.29 bits per heavy atom. The standard InChI is InChI=1S/C16H16ClN5O2/c1-16(2,3)24-15(23)22-12-5-4-11(8-10(12)9-19-22)20-13-6-7-18-14(17)21-13/h4-9H,1-3H3,(H,18,20,21). The van der Waals surface area contributed by atoms with Gasteiger partial charge in [-0.25, -0.2) is 14.8 Å². The van der Waals surface area contributed by atoms with E-state index in [-0.39, 0.29) is 5.28 Å². The van der Waals surface area contributed by atoms with Crippen molar-refractivity contribution in [1.29, 1.82) is 0 Å². The normalized spacial score (nSPS) is 11.5. The van der Waals surface area contributed by atoms with Crippen molar-refractivity contribution in [3.8, 4) is 0 Å². The Kier molecular flexibility index (Phi) is 4.11. The van der Waals surface area contributed by atoms with Crippen LogP contribution < -0.4 is 5.32 Å². The molecule has 7 nitrogen and oxygen atoms in total. The number of hydrogen-bond donors (Lipinski definition) is 1. The number of ether oxygens (including phenoxy) is 1. The van der Waals surface area contributed by atoms with Crippen LogP contribution in [0.25, 0.3) is 10.9 Å². The van der Waals surface area contributed by atoms with E-state index in [1.54, 1.807) is 24.5 Å². The van der Waals surface area contributed by atoms with E-state index in [4.69, 9.17) is 16.3 Å². The summed E-state index contributed by atoms with van der Waals surface area (Å²) < 4.78 is 6.59. The third-order valence-electron chi connectivity index (χ3n) is 3.03. The molecule has 0 aliphatic rings. The van der Waals surface area contributed by atoms with Crippen LogP contribution in [-0.2, 0) is 4.74 Å². The van der Waals surface area contributed by atoms with E-state index in [0.717, 1.165) is 11.1 Å². The highest BCUT2D eigenvalue weighted by Gasteiger charge is 2.20. The Bertz CT molecular complexity index is 901. The van der Waals surface area contributed by atoms with Gasteiger partial charge in [0.15, 0.2) is 0 Å². The zero-order valence-electron chi connectivity index (χ0n) is 13.4. The van der Waals surface area contributed by atoms with Crippen molar-refractivity contribution in [3.63, 3.8) is 0 Å². The zero-order valence-corrected chi connectivity index (χ0v) is 14.2. The van der Waals surface area contributed by atoms with Crippen LogP contribution in [0.2, 0.25) is 5.28 Å². The lowest BCUT2D eigenvalue weighted by atomic mass is 10.2. The SMILES string of the molecule is CC(C)(C)OC(=O)n1ncc2cc(Nc3ccnc(Cl)n3)ccc21. The summed E-state index contributed by atoms with van der Waals surface area (Å²) >= 11 is 5.77. The fourth-order valence-electron chi connectivity index (χ4n) is 2.11. The molecule has 0 fully saturated rings. The Hall–Kier alpha value is -2.67. The first-order chi connectivity index (χ1) is 11.3. The van der Waals surface area contributed by atoms with E-state index in [2.05, 4.69) is 20.4 Å². The molecule has 2 heterocycles. The van der Waals surface area contributed by atoms with Crippen LogP contribution in [0, 0.1) is 0 Å². The van der Waals surface area contributed by atoms with Crippen LogP contribution in [0.5, 0.6) is 0 Å². The first kappa shape index (κ1) is 16.2. The van der Waals surface area contributed by atoms with E-state index in [1.807, 2.05) is 32.9 Å². The van der Waals surface area contributed by atoms with E-state index < -0.39 is 11.7 Å². The molecule has 0 atom stereocenters. The number of halogens is 1.